The molecule has 2 N–H and O–H groups in total. The minimum Gasteiger partial charge on any atom is -0.507 e. The second-order valence-electron chi connectivity index (χ2n) is 8.20. The Hall–Kier alpha value is -3.52. The third-order valence-corrected chi connectivity index (χ3v) is 6.00. The van der Waals surface area contributed by atoms with Crippen LogP contribution in [-0.4, -0.2) is 59.3 Å². The van der Waals surface area contributed by atoms with Gasteiger partial charge in [-0.3, -0.25) is 9.59 Å². The molecular formula is C26H29NO7. The Morgan fingerprint density at radius 2 is 1.82 bits per heavy atom. The van der Waals surface area contributed by atoms with Crippen molar-refractivity contribution in [2.24, 2.45) is 0 Å². The van der Waals surface area contributed by atoms with Crippen molar-refractivity contribution in [3.05, 3.63) is 59.2 Å². The van der Waals surface area contributed by atoms with E-state index in [4.69, 9.17) is 14.2 Å². The van der Waals surface area contributed by atoms with Gasteiger partial charge in [0.1, 0.15) is 11.5 Å². The summed E-state index contributed by atoms with van der Waals surface area (Å²) in [4.78, 5) is 27.7. The average Bonchev–Trinajstić information content (AvgIpc) is 3.43. The fraction of sp³-hybridized carbons (Fsp3) is 0.385. The summed E-state index contributed by atoms with van der Waals surface area (Å²) in [6.07, 6.45) is 1.49. The summed E-state index contributed by atoms with van der Waals surface area (Å²) < 4.78 is 16.7. The van der Waals surface area contributed by atoms with E-state index in [1.807, 2.05) is 6.92 Å². The predicted octanol–water partition coefficient (Wildman–Crippen LogP) is 3.79. The summed E-state index contributed by atoms with van der Waals surface area (Å²) in [5, 5.41) is 21.4. The molecule has 2 saturated heterocycles. The van der Waals surface area contributed by atoms with Crippen LogP contribution in [0.4, 0.5) is 0 Å². The van der Waals surface area contributed by atoms with Crippen LogP contribution in [0.1, 0.15) is 43.9 Å². The van der Waals surface area contributed by atoms with Gasteiger partial charge in [-0.1, -0.05) is 6.07 Å². The van der Waals surface area contributed by atoms with Gasteiger partial charge >= 0.3 is 0 Å². The van der Waals surface area contributed by atoms with Crippen molar-refractivity contribution < 1.29 is 34.0 Å². The van der Waals surface area contributed by atoms with Gasteiger partial charge in [0.05, 0.1) is 30.9 Å². The average molecular weight is 468 g/mol. The number of amides is 1. The number of phenols is 1. The standard InChI is InChI=1S/C26H29NO7/c1-3-32-18-10-7-16(8-11-18)24(29)22-23(17-9-12-20(28)21(14-17)33-4-2)27(26(31)25(22)30)15-19-6-5-13-34-19/h7-12,14,19,23,28-29H,3-6,13,15H2,1-2H3/t19-,23+/m0/s1. The zero-order valence-corrected chi connectivity index (χ0v) is 19.3. The number of phenolic OH excluding ortho intramolecular Hbond substituents is 1. The van der Waals surface area contributed by atoms with Crippen molar-refractivity contribution in [1.82, 2.24) is 4.90 Å². The van der Waals surface area contributed by atoms with Crippen LogP contribution in [0, 0.1) is 0 Å². The summed E-state index contributed by atoms with van der Waals surface area (Å²) >= 11 is 0. The first-order valence-electron chi connectivity index (χ1n) is 11.5. The number of rotatable bonds is 8. The van der Waals surface area contributed by atoms with E-state index in [-0.39, 0.29) is 35.5 Å². The Morgan fingerprint density at radius 3 is 2.47 bits per heavy atom. The lowest BCUT2D eigenvalue weighted by Crippen LogP contribution is -2.36. The second kappa shape index (κ2) is 10.2. The van der Waals surface area contributed by atoms with Gasteiger partial charge < -0.3 is 29.3 Å². The zero-order valence-electron chi connectivity index (χ0n) is 19.3. The summed E-state index contributed by atoms with van der Waals surface area (Å²) in [7, 11) is 0. The van der Waals surface area contributed by atoms with Crippen LogP contribution >= 0.6 is 0 Å². The molecule has 2 aromatic carbocycles. The molecule has 34 heavy (non-hydrogen) atoms. The number of carbonyl (C=O) groups is 2. The van der Waals surface area contributed by atoms with Crippen LogP contribution in [0.2, 0.25) is 0 Å². The van der Waals surface area contributed by atoms with Crippen LogP contribution < -0.4 is 9.47 Å². The maximum absolute atomic E-state index is 13.2. The number of Topliss-reactive ketones (excluding diaryl/α,β-unsaturated/α-hetero) is 1. The van der Waals surface area contributed by atoms with Gasteiger partial charge in [-0.05, 0) is 68.7 Å². The minimum atomic E-state index is -0.851. The van der Waals surface area contributed by atoms with Crippen molar-refractivity contribution in [3.63, 3.8) is 0 Å². The van der Waals surface area contributed by atoms with Gasteiger partial charge in [0.2, 0.25) is 0 Å². The van der Waals surface area contributed by atoms with E-state index in [0.29, 0.717) is 36.7 Å². The van der Waals surface area contributed by atoms with Gasteiger partial charge in [0, 0.05) is 18.7 Å². The third kappa shape index (κ3) is 4.59. The Kier molecular flexibility index (Phi) is 7.07. The predicted molar refractivity (Wildman–Crippen MR) is 125 cm³/mol. The molecular weight excluding hydrogens is 438 g/mol. The number of hydrogen-bond donors (Lipinski definition) is 2. The van der Waals surface area contributed by atoms with Gasteiger partial charge in [0.15, 0.2) is 11.5 Å². The second-order valence-corrected chi connectivity index (χ2v) is 8.20. The van der Waals surface area contributed by atoms with E-state index in [9.17, 15) is 19.8 Å². The molecule has 2 aliphatic heterocycles. The molecule has 0 spiro atoms. The number of carbonyl (C=O) groups excluding carboxylic acids is 2. The molecule has 4 rings (SSSR count). The van der Waals surface area contributed by atoms with Crippen molar-refractivity contribution in [3.8, 4) is 17.2 Å². The summed E-state index contributed by atoms with van der Waals surface area (Å²) in [5.41, 5.74) is 0.929. The molecule has 0 saturated carbocycles. The molecule has 0 aromatic heterocycles. The van der Waals surface area contributed by atoms with E-state index in [2.05, 4.69) is 0 Å². The van der Waals surface area contributed by atoms with E-state index in [1.165, 1.54) is 11.0 Å². The molecule has 2 atom stereocenters. The monoisotopic (exact) mass is 467 g/mol. The highest BCUT2D eigenvalue weighted by Gasteiger charge is 2.47. The normalized spacial score (nSPS) is 21.8. The first-order chi connectivity index (χ1) is 16.4. The molecule has 0 aliphatic carbocycles. The van der Waals surface area contributed by atoms with E-state index in [1.54, 1.807) is 43.3 Å². The number of nitrogens with zero attached hydrogens (tertiary/aromatic N) is 1. The lowest BCUT2D eigenvalue weighted by atomic mass is 9.94. The highest BCUT2D eigenvalue weighted by atomic mass is 16.5. The topological polar surface area (TPSA) is 106 Å². The van der Waals surface area contributed by atoms with Crippen molar-refractivity contribution in [1.29, 1.82) is 0 Å². The number of aliphatic hydroxyl groups is 1. The third-order valence-electron chi connectivity index (χ3n) is 6.00. The molecule has 1 amide bonds. The SMILES string of the molecule is CCOc1ccc(C(O)=C2C(=O)C(=O)N(C[C@@H]3CCCO3)[C@@H]2c2ccc(O)c(OCC)c2)cc1. The van der Waals surface area contributed by atoms with E-state index < -0.39 is 17.7 Å². The number of benzene rings is 2. The molecule has 2 aromatic rings. The van der Waals surface area contributed by atoms with Crippen LogP contribution in [-0.2, 0) is 14.3 Å². The lowest BCUT2D eigenvalue weighted by molar-refractivity contribution is -0.140. The van der Waals surface area contributed by atoms with Gasteiger partial charge in [-0.25, -0.2) is 0 Å². The Morgan fingerprint density at radius 1 is 1.09 bits per heavy atom. The van der Waals surface area contributed by atoms with E-state index >= 15 is 0 Å². The number of ketones is 1. The smallest absolute Gasteiger partial charge is 0.295 e. The Bertz CT molecular complexity index is 1090. The highest BCUT2D eigenvalue weighted by molar-refractivity contribution is 6.46. The van der Waals surface area contributed by atoms with Gasteiger partial charge in [-0.2, -0.15) is 0 Å². The first-order valence-corrected chi connectivity index (χ1v) is 11.5. The molecule has 8 nitrogen and oxygen atoms in total. The summed E-state index contributed by atoms with van der Waals surface area (Å²) in [5.74, 6) is -0.905. The van der Waals surface area contributed by atoms with Crippen LogP contribution in [0.25, 0.3) is 5.76 Å². The Labute approximate surface area is 198 Å². The van der Waals surface area contributed by atoms with Crippen molar-refractivity contribution in [2.75, 3.05) is 26.4 Å². The first kappa shape index (κ1) is 23.6. The van der Waals surface area contributed by atoms with Crippen LogP contribution in [0.5, 0.6) is 17.2 Å². The van der Waals surface area contributed by atoms with Crippen LogP contribution in [0.3, 0.4) is 0 Å². The van der Waals surface area contributed by atoms with Crippen LogP contribution in [0.15, 0.2) is 48.0 Å². The molecule has 8 heteroatoms. The number of hydrogen-bond acceptors (Lipinski definition) is 7. The molecule has 180 valence electrons. The zero-order chi connectivity index (χ0) is 24.2. The summed E-state index contributed by atoms with van der Waals surface area (Å²) in [6.45, 7) is 5.33. The number of aromatic hydroxyl groups is 1. The molecule has 2 heterocycles. The summed E-state index contributed by atoms with van der Waals surface area (Å²) in [6, 6.07) is 10.5. The quantitative estimate of drug-likeness (QED) is 0.346. The van der Waals surface area contributed by atoms with Gasteiger partial charge in [0.25, 0.3) is 11.7 Å². The number of likely N-dealkylation sites (tertiary alicyclic amines) is 1. The number of ether oxygens (including phenoxy) is 3. The largest absolute Gasteiger partial charge is 0.507 e. The van der Waals surface area contributed by atoms with Crippen molar-refractivity contribution >= 4 is 17.4 Å². The lowest BCUT2D eigenvalue weighted by Gasteiger charge is -2.28. The molecule has 2 fully saturated rings. The molecule has 0 bridgehead atoms. The van der Waals surface area contributed by atoms with Crippen molar-refractivity contribution in [2.45, 2.75) is 38.8 Å². The fourth-order valence-electron chi connectivity index (χ4n) is 4.43. The van der Waals surface area contributed by atoms with Gasteiger partial charge in [-0.15, -0.1) is 0 Å². The number of aliphatic hydroxyl groups excluding tert-OH is 1. The highest BCUT2D eigenvalue weighted by Crippen LogP contribution is 2.42. The molecule has 2 aliphatic rings. The van der Waals surface area contributed by atoms with E-state index in [0.717, 1.165) is 12.8 Å². The maximum Gasteiger partial charge on any atom is 0.295 e. The Balaban J connectivity index is 1.81. The molecule has 0 unspecified atom stereocenters. The molecule has 0 radical (unpaired) electrons. The maximum atomic E-state index is 13.2. The fourth-order valence-corrected chi connectivity index (χ4v) is 4.43. The minimum absolute atomic E-state index is 0.0136.